The number of hydrogen-bond donors (Lipinski definition) is 3. The molecule has 0 saturated heterocycles. The van der Waals surface area contributed by atoms with Gasteiger partial charge in [0.25, 0.3) is 5.91 Å². The van der Waals surface area contributed by atoms with Crippen LogP contribution in [0, 0.1) is 0 Å². The zero-order valence-corrected chi connectivity index (χ0v) is 15.3. The molecule has 1 amide bonds. The molecule has 0 saturated carbocycles. The zero-order valence-electron chi connectivity index (χ0n) is 15.3. The number of pyridine rings is 1. The van der Waals surface area contributed by atoms with Crippen LogP contribution in [0.5, 0.6) is 0 Å². The lowest BCUT2D eigenvalue weighted by atomic mass is 10.0. The van der Waals surface area contributed by atoms with Crippen molar-refractivity contribution in [2.24, 2.45) is 0 Å². The molecule has 2 heterocycles. The standard InChI is InChI=1S/C22H17N5O2/c28-21(27-29)20-13-19(25-22(26-20)24-18-6-2-1-3-7-18)16-10-8-15(9-11-16)17-5-4-12-23-14-17/h1-14,29H,(H,27,28)(H,24,25,26). The molecule has 0 aliphatic carbocycles. The largest absolute Gasteiger partial charge is 0.324 e. The number of anilines is 2. The highest BCUT2D eigenvalue weighted by Gasteiger charge is 2.13. The predicted molar refractivity (Wildman–Crippen MR) is 110 cm³/mol. The second kappa shape index (κ2) is 8.28. The highest BCUT2D eigenvalue weighted by atomic mass is 16.5. The quantitative estimate of drug-likeness (QED) is 0.355. The van der Waals surface area contributed by atoms with E-state index in [1.54, 1.807) is 17.9 Å². The van der Waals surface area contributed by atoms with Gasteiger partial charge in [0.05, 0.1) is 5.69 Å². The minimum atomic E-state index is -0.711. The molecule has 142 valence electrons. The fourth-order valence-electron chi connectivity index (χ4n) is 2.84. The van der Waals surface area contributed by atoms with Crippen molar-refractivity contribution in [2.45, 2.75) is 0 Å². The SMILES string of the molecule is O=C(NO)c1cc(-c2ccc(-c3cccnc3)cc2)nc(Nc2ccccc2)n1. The lowest BCUT2D eigenvalue weighted by molar-refractivity contribution is 0.0701. The first kappa shape index (κ1) is 18.3. The molecule has 0 aliphatic rings. The first-order valence-corrected chi connectivity index (χ1v) is 8.89. The number of carbonyl (C=O) groups is 1. The summed E-state index contributed by atoms with van der Waals surface area (Å²) in [4.78, 5) is 24.8. The van der Waals surface area contributed by atoms with Gasteiger partial charge in [0.15, 0.2) is 0 Å². The second-order valence-corrected chi connectivity index (χ2v) is 6.21. The first-order chi connectivity index (χ1) is 14.2. The summed E-state index contributed by atoms with van der Waals surface area (Å²) in [6.45, 7) is 0. The maximum atomic E-state index is 12.0. The zero-order chi connectivity index (χ0) is 20.1. The molecule has 0 unspecified atom stereocenters. The Labute approximate surface area is 167 Å². The van der Waals surface area contributed by atoms with Gasteiger partial charge in [-0.2, -0.15) is 0 Å². The molecule has 4 aromatic rings. The van der Waals surface area contributed by atoms with E-state index in [-0.39, 0.29) is 11.6 Å². The third kappa shape index (κ3) is 4.26. The van der Waals surface area contributed by atoms with Crippen LogP contribution in [0.2, 0.25) is 0 Å². The van der Waals surface area contributed by atoms with E-state index >= 15 is 0 Å². The van der Waals surface area contributed by atoms with Gasteiger partial charge in [-0.1, -0.05) is 48.5 Å². The molecule has 0 spiro atoms. The molecule has 7 heteroatoms. The summed E-state index contributed by atoms with van der Waals surface area (Å²) in [6, 6.07) is 22.5. The minimum Gasteiger partial charge on any atom is -0.324 e. The number of carbonyl (C=O) groups excluding carboxylic acids is 1. The van der Waals surface area contributed by atoms with Crippen molar-refractivity contribution in [2.75, 3.05) is 5.32 Å². The molecule has 0 bridgehead atoms. The molecule has 0 fully saturated rings. The van der Waals surface area contributed by atoms with E-state index in [4.69, 9.17) is 5.21 Å². The number of aromatic nitrogens is 3. The number of amides is 1. The van der Waals surface area contributed by atoms with Gasteiger partial charge in [-0.25, -0.2) is 15.4 Å². The van der Waals surface area contributed by atoms with E-state index in [1.165, 1.54) is 6.07 Å². The van der Waals surface area contributed by atoms with Crippen molar-refractivity contribution in [1.29, 1.82) is 0 Å². The summed E-state index contributed by atoms with van der Waals surface area (Å²) < 4.78 is 0. The fourth-order valence-corrected chi connectivity index (χ4v) is 2.84. The molecular weight excluding hydrogens is 366 g/mol. The average molecular weight is 383 g/mol. The third-order valence-corrected chi connectivity index (χ3v) is 4.27. The van der Waals surface area contributed by atoms with Crippen molar-refractivity contribution in [1.82, 2.24) is 20.4 Å². The van der Waals surface area contributed by atoms with Crippen molar-refractivity contribution in [3.05, 3.63) is 90.9 Å². The third-order valence-electron chi connectivity index (χ3n) is 4.27. The van der Waals surface area contributed by atoms with Gasteiger partial charge < -0.3 is 5.32 Å². The van der Waals surface area contributed by atoms with Gasteiger partial charge in [-0.3, -0.25) is 15.0 Å². The van der Waals surface area contributed by atoms with Gasteiger partial charge in [-0.15, -0.1) is 0 Å². The van der Waals surface area contributed by atoms with Crippen LogP contribution in [-0.2, 0) is 0 Å². The summed E-state index contributed by atoms with van der Waals surface area (Å²) in [7, 11) is 0. The van der Waals surface area contributed by atoms with Crippen LogP contribution >= 0.6 is 0 Å². The second-order valence-electron chi connectivity index (χ2n) is 6.21. The Bertz CT molecular complexity index is 1120. The normalized spacial score (nSPS) is 10.4. The smallest absolute Gasteiger partial charge is 0.293 e. The Balaban J connectivity index is 1.70. The van der Waals surface area contributed by atoms with Gasteiger partial charge in [0.1, 0.15) is 5.69 Å². The van der Waals surface area contributed by atoms with Crippen LogP contribution in [0.4, 0.5) is 11.6 Å². The van der Waals surface area contributed by atoms with Gasteiger partial charge in [0.2, 0.25) is 5.95 Å². The molecule has 4 rings (SSSR count). The van der Waals surface area contributed by atoms with E-state index in [0.29, 0.717) is 5.69 Å². The van der Waals surface area contributed by atoms with Crippen LogP contribution in [0.1, 0.15) is 10.5 Å². The maximum absolute atomic E-state index is 12.0. The predicted octanol–water partition coefficient (Wildman–Crippen LogP) is 4.07. The van der Waals surface area contributed by atoms with E-state index in [2.05, 4.69) is 20.3 Å². The number of hydrogen-bond acceptors (Lipinski definition) is 6. The van der Waals surface area contributed by atoms with Crippen LogP contribution < -0.4 is 10.8 Å². The van der Waals surface area contributed by atoms with Crippen molar-refractivity contribution in [3.63, 3.8) is 0 Å². The lowest BCUT2D eigenvalue weighted by Gasteiger charge is -2.10. The van der Waals surface area contributed by atoms with Crippen molar-refractivity contribution in [3.8, 4) is 22.4 Å². The topological polar surface area (TPSA) is 100 Å². The van der Waals surface area contributed by atoms with Crippen LogP contribution in [0.25, 0.3) is 22.4 Å². The van der Waals surface area contributed by atoms with E-state index < -0.39 is 5.91 Å². The van der Waals surface area contributed by atoms with Gasteiger partial charge in [-0.05, 0) is 35.4 Å². The number of rotatable bonds is 5. The van der Waals surface area contributed by atoms with Crippen molar-refractivity contribution < 1.29 is 10.0 Å². The molecular formula is C22H17N5O2. The minimum absolute atomic E-state index is 0.0484. The molecule has 3 N–H and O–H groups in total. The summed E-state index contributed by atoms with van der Waals surface area (Å²) in [5.41, 5.74) is 5.84. The Morgan fingerprint density at radius 1 is 0.828 bits per heavy atom. The summed E-state index contributed by atoms with van der Waals surface area (Å²) in [5, 5.41) is 12.1. The molecule has 0 radical (unpaired) electrons. The van der Waals surface area contributed by atoms with E-state index in [0.717, 1.165) is 22.4 Å². The Kier molecular flexibility index (Phi) is 5.22. The number of hydroxylamine groups is 1. The number of benzene rings is 2. The highest BCUT2D eigenvalue weighted by Crippen LogP contribution is 2.25. The van der Waals surface area contributed by atoms with Crippen LogP contribution in [-0.4, -0.2) is 26.1 Å². The van der Waals surface area contributed by atoms with E-state index in [1.807, 2.05) is 66.7 Å². The molecule has 0 aliphatic heterocycles. The van der Waals surface area contributed by atoms with Gasteiger partial charge in [0, 0.05) is 23.6 Å². The number of para-hydroxylation sites is 1. The number of nitrogens with one attached hydrogen (secondary N) is 2. The van der Waals surface area contributed by atoms with Crippen molar-refractivity contribution >= 4 is 17.5 Å². The van der Waals surface area contributed by atoms with Crippen LogP contribution in [0.15, 0.2) is 85.2 Å². The highest BCUT2D eigenvalue weighted by molar-refractivity contribution is 5.92. The maximum Gasteiger partial charge on any atom is 0.293 e. The average Bonchev–Trinajstić information content (AvgIpc) is 2.79. The molecule has 29 heavy (non-hydrogen) atoms. The molecule has 7 nitrogen and oxygen atoms in total. The first-order valence-electron chi connectivity index (χ1n) is 8.89. The van der Waals surface area contributed by atoms with Crippen LogP contribution in [0.3, 0.4) is 0 Å². The molecule has 2 aromatic heterocycles. The number of nitrogens with zero attached hydrogens (tertiary/aromatic N) is 3. The molecule has 2 aromatic carbocycles. The Morgan fingerprint density at radius 3 is 2.28 bits per heavy atom. The fraction of sp³-hybridized carbons (Fsp3) is 0. The summed E-state index contributed by atoms with van der Waals surface area (Å²) in [6.07, 6.45) is 3.53. The molecule has 0 atom stereocenters. The Morgan fingerprint density at radius 2 is 1.59 bits per heavy atom. The van der Waals surface area contributed by atoms with Gasteiger partial charge >= 0.3 is 0 Å². The lowest BCUT2D eigenvalue weighted by Crippen LogP contribution is -2.20. The van der Waals surface area contributed by atoms with E-state index in [9.17, 15) is 4.79 Å². The summed E-state index contributed by atoms with van der Waals surface area (Å²) in [5.74, 6) is -0.458. The summed E-state index contributed by atoms with van der Waals surface area (Å²) >= 11 is 0. The monoisotopic (exact) mass is 383 g/mol. The Hall–Kier alpha value is -4.10.